The molecule has 0 saturated heterocycles. The van der Waals surface area contributed by atoms with Gasteiger partial charge in [0.15, 0.2) is 0 Å². The van der Waals surface area contributed by atoms with E-state index in [0.29, 0.717) is 5.75 Å². The first kappa shape index (κ1) is 16.6. The summed E-state index contributed by atoms with van der Waals surface area (Å²) in [5.41, 5.74) is -0.0943. The van der Waals surface area contributed by atoms with Gasteiger partial charge in [-0.05, 0) is 30.3 Å². The van der Waals surface area contributed by atoms with Crippen LogP contribution in [0.15, 0.2) is 47.4 Å². The van der Waals surface area contributed by atoms with Gasteiger partial charge < -0.3 is 9.47 Å². The normalized spacial score (nSPS) is 10.9. The molecule has 2 rings (SSSR count). The highest BCUT2D eigenvalue weighted by Crippen LogP contribution is 2.31. The third kappa shape index (κ3) is 3.69. The Balaban J connectivity index is 2.34. The lowest BCUT2D eigenvalue weighted by Crippen LogP contribution is -2.13. The maximum atomic E-state index is 12.3. The summed E-state index contributed by atoms with van der Waals surface area (Å²) < 4.78 is 37.0. The molecular weight excluding hydrogens is 324 g/mol. The molecule has 1 N–H and O–H groups in total. The highest BCUT2D eigenvalue weighted by atomic mass is 32.2. The first-order valence-corrected chi connectivity index (χ1v) is 7.85. The van der Waals surface area contributed by atoms with Crippen molar-refractivity contribution in [1.29, 1.82) is 0 Å². The van der Waals surface area contributed by atoms with Crippen LogP contribution in [0.5, 0.6) is 11.5 Å². The standard InChI is InChI=1S/C14H14N2O6S/c1-21-11-4-6-12(7-5-11)23(19,20)15-13-8-3-10(16(17)18)9-14(13)22-2/h3-9,15H,1-2H3. The molecule has 122 valence electrons. The predicted octanol–water partition coefficient (Wildman–Crippen LogP) is 2.41. The molecule has 23 heavy (non-hydrogen) atoms. The van der Waals surface area contributed by atoms with Crippen molar-refractivity contribution in [2.75, 3.05) is 18.9 Å². The Labute approximate surface area is 132 Å². The molecule has 0 bridgehead atoms. The smallest absolute Gasteiger partial charge is 0.273 e. The highest BCUT2D eigenvalue weighted by Gasteiger charge is 2.18. The Morgan fingerprint density at radius 1 is 1.04 bits per heavy atom. The molecule has 0 aliphatic heterocycles. The average Bonchev–Trinajstić information content (AvgIpc) is 2.54. The molecule has 2 aromatic rings. The van der Waals surface area contributed by atoms with Crippen molar-refractivity contribution in [1.82, 2.24) is 0 Å². The fourth-order valence-corrected chi connectivity index (χ4v) is 2.91. The third-order valence-electron chi connectivity index (χ3n) is 3.01. The van der Waals surface area contributed by atoms with Crippen molar-refractivity contribution < 1.29 is 22.8 Å². The number of nitro groups is 1. The SMILES string of the molecule is COc1ccc(S(=O)(=O)Nc2ccc([N+](=O)[O-])cc2OC)cc1. The van der Waals surface area contributed by atoms with E-state index >= 15 is 0 Å². The van der Waals surface area contributed by atoms with Gasteiger partial charge in [-0.1, -0.05) is 0 Å². The summed E-state index contributed by atoms with van der Waals surface area (Å²) in [5.74, 6) is 0.577. The van der Waals surface area contributed by atoms with Crippen LogP contribution in [0, 0.1) is 10.1 Å². The second-order valence-electron chi connectivity index (χ2n) is 4.42. The van der Waals surface area contributed by atoms with E-state index in [9.17, 15) is 18.5 Å². The fraction of sp³-hybridized carbons (Fsp3) is 0.143. The molecule has 0 fully saturated rings. The van der Waals surface area contributed by atoms with Gasteiger partial charge in [0.2, 0.25) is 0 Å². The van der Waals surface area contributed by atoms with Crippen LogP contribution in [0.2, 0.25) is 0 Å². The minimum absolute atomic E-state index is 0.0266. The number of rotatable bonds is 6. The van der Waals surface area contributed by atoms with Crippen LogP contribution in [0.1, 0.15) is 0 Å². The zero-order chi connectivity index (χ0) is 17.0. The summed E-state index contributed by atoms with van der Waals surface area (Å²) in [4.78, 5) is 10.2. The molecule has 0 aromatic heterocycles. The number of sulfonamides is 1. The number of hydrogen-bond acceptors (Lipinski definition) is 6. The summed E-state index contributed by atoms with van der Waals surface area (Å²) >= 11 is 0. The lowest BCUT2D eigenvalue weighted by atomic mass is 10.2. The minimum Gasteiger partial charge on any atom is -0.497 e. The predicted molar refractivity (Wildman–Crippen MR) is 83.5 cm³/mol. The van der Waals surface area contributed by atoms with E-state index in [1.165, 1.54) is 50.6 Å². The summed E-state index contributed by atoms with van der Waals surface area (Å²) in [6.07, 6.45) is 0. The molecule has 0 spiro atoms. The van der Waals surface area contributed by atoms with Crippen molar-refractivity contribution in [3.8, 4) is 11.5 Å². The molecule has 0 heterocycles. The molecule has 8 nitrogen and oxygen atoms in total. The molecule has 9 heteroatoms. The summed E-state index contributed by atoms with van der Waals surface area (Å²) in [6.45, 7) is 0. The summed E-state index contributed by atoms with van der Waals surface area (Å²) in [7, 11) is -1.09. The average molecular weight is 338 g/mol. The van der Waals surface area contributed by atoms with Crippen LogP contribution in [0.4, 0.5) is 11.4 Å². The molecule has 0 saturated carbocycles. The number of non-ortho nitro benzene ring substituents is 1. The van der Waals surface area contributed by atoms with Crippen LogP contribution in [0.25, 0.3) is 0 Å². The Hall–Kier alpha value is -2.81. The quantitative estimate of drug-likeness (QED) is 0.640. The molecular formula is C14H14N2O6S. The fourth-order valence-electron chi connectivity index (χ4n) is 1.84. The zero-order valence-corrected chi connectivity index (χ0v) is 13.2. The van der Waals surface area contributed by atoms with E-state index in [1.54, 1.807) is 0 Å². The molecule has 0 atom stereocenters. The number of hydrogen-bond donors (Lipinski definition) is 1. The lowest BCUT2D eigenvalue weighted by molar-refractivity contribution is -0.384. The number of methoxy groups -OCH3 is 2. The van der Waals surface area contributed by atoms with Crippen LogP contribution < -0.4 is 14.2 Å². The molecule has 2 aromatic carbocycles. The van der Waals surface area contributed by atoms with E-state index in [-0.39, 0.29) is 22.0 Å². The van der Waals surface area contributed by atoms with Gasteiger partial charge >= 0.3 is 0 Å². The molecule has 0 aliphatic rings. The van der Waals surface area contributed by atoms with Crippen LogP contribution in [0.3, 0.4) is 0 Å². The molecule has 0 unspecified atom stereocenters. The van der Waals surface area contributed by atoms with Crippen molar-refractivity contribution in [3.63, 3.8) is 0 Å². The van der Waals surface area contributed by atoms with E-state index in [4.69, 9.17) is 9.47 Å². The van der Waals surface area contributed by atoms with Gasteiger partial charge in [-0.25, -0.2) is 8.42 Å². The maximum absolute atomic E-state index is 12.3. The van der Waals surface area contributed by atoms with Crippen LogP contribution in [-0.2, 0) is 10.0 Å². The number of benzene rings is 2. The Morgan fingerprint density at radius 2 is 1.70 bits per heavy atom. The number of anilines is 1. The second kappa shape index (κ2) is 6.53. The number of ether oxygens (including phenoxy) is 2. The first-order chi connectivity index (χ1) is 10.9. The van der Waals surface area contributed by atoms with Crippen LogP contribution >= 0.6 is 0 Å². The van der Waals surface area contributed by atoms with Gasteiger partial charge in [0, 0.05) is 6.07 Å². The van der Waals surface area contributed by atoms with E-state index in [2.05, 4.69) is 4.72 Å². The van der Waals surface area contributed by atoms with Gasteiger partial charge in [-0.3, -0.25) is 14.8 Å². The topological polar surface area (TPSA) is 108 Å². The molecule has 0 aliphatic carbocycles. The minimum atomic E-state index is -3.86. The zero-order valence-electron chi connectivity index (χ0n) is 12.3. The molecule has 0 amide bonds. The van der Waals surface area contributed by atoms with Crippen molar-refractivity contribution in [2.24, 2.45) is 0 Å². The largest absolute Gasteiger partial charge is 0.497 e. The van der Waals surface area contributed by atoms with Crippen molar-refractivity contribution >= 4 is 21.4 Å². The number of nitrogens with one attached hydrogen (secondary N) is 1. The Bertz CT molecular complexity index is 818. The van der Waals surface area contributed by atoms with Crippen LogP contribution in [-0.4, -0.2) is 27.6 Å². The second-order valence-corrected chi connectivity index (χ2v) is 6.11. The third-order valence-corrected chi connectivity index (χ3v) is 4.39. The summed E-state index contributed by atoms with van der Waals surface area (Å²) in [6, 6.07) is 9.42. The first-order valence-electron chi connectivity index (χ1n) is 6.36. The van der Waals surface area contributed by atoms with Gasteiger partial charge in [-0.2, -0.15) is 0 Å². The van der Waals surface area contributed by atoms with Gasteiger partial charge in [-0.15, -0.1) is 0 Å². The van der Waals surface area contributed by atoms with Crippen molar-refractivity contribution in [2.45, 2.75) is 4.90 Å². The van der Waals surface area contributed by atoms with E-state index in [1.807, 2.05) is 0 Å². The lowest BCUT2D eigenvalue weighted by Gasteiger charge is -2.12. The van der Waals surface area contributed by atoms with E-state index in [0.717, 1.165) is 6.07 Å². The van der Waals surface area contributed by atoms with Gasteiger partial charge in [0.05, 0.1) is 35.8 Å². The van der Waals surface area contributed by atoms with Crippen molar-refractivity contribution in [3.05, 3.63) is 52.6 Å². The Kier molecular flexibility index (Phi) is 4.70. The maximum Gasteiger partial charge on any atom is 0.273 e. The highest BCUT2D eigenvalue weighted by molar-refractivity contribution is 7.92. The monoisotopic (exact) mass is 338 g/mol. The van der Waals surface area contributed by atoms with Gasteiger partial charge in [0.1, 0.15) is 11.5 Å². The number of nitrogens with zero attached hydrogens (tertiary/aromatic N) is 1. The van der Waals surface area contributed by atoms with Gasteiger partial charge in [0.25, 0.3) is 15.7 Å². The molecule has 0 radical (unpaired) electrons. The van der Waals surface area contributed by atoms with E-state index < -0.39 is 14.9 Å². The Morgan fingerprint density at radius 3 is 2.22 bits per heavy atom. The summed E-state index contributed by atoms with van der Waals surface area (Å²) in [5, 5.41) is 10.7. The number of nitro benzene ring substituents is 1.